The van der Waals surface area contributed by atoms with E-state index < -0.39 is 0 Å². The van der Waals surface area contributed by atoms with Crippen molar-refractivity contribution in [2.45, 2.75) is 26.8 Å². The first-order valence-electron chi connectivity index (χ1n) is 6.35. The average molecular weight is 336 g/mol. The molecule has 2 aromatic rings. The van der Waals surface area contributed by atoms with Crippen molar-refractivity contribution in [2.75, 3.05) is 10.7 Å². The van der Waals surface area contributed by atoms with Crippen LogP contribution in [-0.4, -0.2) is 9.97 Å². The molecule has 0 bridgehead atoms. The summed E-state index contributed by atoms with van der Waals surface area (Å²) in [7, 11) is 0. The van der Waals surface area contributed by atoms with Crippen molar-refractivity contribution < 1.29 is 0 Å². The molecule has 0 fully saturated rings. The fourth-order valence-electron chi connectivity index (χ4n) is 1.97. The van der Waals surface area contributed by atoms with Gasteiger partial charge >= 0.3 is 0 Å². The number of nitrogen functional groups attached to an aromatic ring is 1. The number of hydrogen-bond acceptors (Lipinski definition) is 5. The number of nitrogens with zero attached hydrogens (tertiary/aromatic N) is 2. The molecule has 1 unspecified atom stereocenters. The van der Waals surface area contributed by atoms with Gasteiger partial charge in [-0.3, -0.25) is 0 Å². The SMILES string of the molecule is Cc1nc(NN)c(C)c(NC(C)c2cccc(Br)c2)n1. The number of hydrazine groups is 1. The zero-order chi connectivity index (χ0) is 14.7. The Bertz CT molecular complexity index is 615. The van der Waals surface area contributed by atoms with Gasteiger partial charge in [-0.05, 0) is 38.5 Å². The Hall–Kier alpha value is -1.66. The van der Waals surface area contributed by atoms with Crippen molar-refractivity contribution in [3.05, 3.63) is 45.7 Å². The Morgan fingerprint density at radius 2 is 1.90 bits per heavy atom. The van der Waals surface area contributed by atoms with Crippen LogP contribution in [-0.2, 0) is 0 Å². The molecule has 0 aliphatic heterocycles. The van der Waals surface area contributed by atoms with E-state index in [-0.39, 0.29) is 6.04 Å². The highest BCUT2D eigenvalue weighted by atomic mass is 79.9. The molecule has 0 saturated heterocycles. The molecule has 1 atom stereocenters. The number of nitrogens with one attached hydrogen (secondary N) is 2. The third-order valence-corrected chi connectivity index (χ3v) is 3.59. The summed E-state index contributed by atoms with van der Waals surface area (Å²) >= 11 is 3.48. The lowest BCUT2D eigenvalue weighted by Crippen LogP contribution is -2.15. The van der Waals surface area contributed by atoms with Crippen LogP contribution in [0, 0.1) is 13.8 Å². The Morgan fingerprint density at radius 1 is 1.20 bits per heavy atom. The number of nitrogens with two attached hydrogens (primary N) is 1. The molecule has 1 heterocycles. The zero-order valence-corrected chi connectivity index (χ0v) is 13.3. The number of rotatable bonds is 4. The molecule has 2 rings (SSSR count). The number of halogens is 1. The second-order valence-corrected chi connectivity index (χ2v) is 5.57. The van der Waals surface area contributed by atoms with Gasteiger partial charge in [0.15, 0.2) is 0 Å². The van der Waals surface area contributed by atoms with Crippen LogP contribution in [0.25, 0.3) is 0 Å². The molecule has 6 heteroatoms. The van der Waals surface area contributed by atoms with Crippen molar-refractivity contribution in [2.24, 2.45) is 5.84 Å². The largest absolute Gasteiger partial charge is 0.363 e. The van der Waals surface area contributed by atoms with Gasteiger partial charge in [0.2, 0.25) is 0 Å². The first-order valence-corrected chi connectivity index (χ1v) is 7.14. The third kappa shape index (κ3) is 3.26. The number of anilines is 2. The second kappa shape index (κ2) is 6.19. The summed E-state index contributed by atoms with van der Waals surface area (Å²) in [4.78, 5) is 8.69. The van der Waals surface area contributed by atoms with Gasteiger partial charge in [-0.15, -0.1) is 0 Å². The number of aryl methyl sites for hydroxylation is 1. The van der Waals surface area contributed by atoms with E-state index in [0.29, 0.717) is 11.6 Å². The minimum Gasteiger partial charge on any atom is -0.363 e. The minimum atomic E-state index is 0.131. The van der Waals surface area contributed by atoms with Crippen LogP contribution in [0.2, 0.25) is 0 Å². The van der Waals surface area contributed by atoms with Crippen LogP contribution < -0.4 is 16.6 Å². The third-order valence-electron chi connectivity index (χ3n) is 3.10. The molecule has 1 aromatic heterocycles. The van der Waals surface area contributed by atoms with E-state index in [1.54, 1.807) is 0 Å². The van der Waals surface area contributed by atoms with E-state index in [0.717, 1.165) is 15.9 Å². The standard InChI is InChI=1S/C14H18BrN5/c1-8-13(18-10(3)19-14(8)20-16)17-9(2)11-5-4-6-12(15)7-11/h4-7,9H,16H2,1-3H3,(H2,17,18,19,20). The van der Waals surface area contributed by atoms with Crippen LogP contribution in [0.4, 0.5) is 11.6 Å². The van der Waals surface area contributed by atoms with Gasteiger partial charge in [0.1, 0.15) is 17.5 Å². The highest BCUT2D eigenvalue weighted by Crippen LogP contribution is 2.25. The zero-order valence-electron chi connectivity index (χ0n) is 11.7. The molecule has 0 aliphatic carbocycles. The van der Waals surface area contributed by atoms with Gasteiger partial charge in [-0.1, -0.05) is 28.1 Å². The van der Waals surface area contributed by atoms with Crippen molar-refractivity contribution >= 4 is 27.6 Å². The van der Waals surface area contributed by atoms with Crippen LogP contribution in [0.3, 0.4) is 0 Å². The van der Waals surface area contributed by atoms with Crippen molar-refractivity contribution in [3.8, 4) is 0 Å². The van der Waals surface area contributed by atoms with E-state index >= 15 is 0 Å². The Morgan fingerprint density at radius 3 is 2.55 bits per heavy atom. The normalized spacial score (nSPS) is 12.1. The lowest BCUT2D eigenvalue weighted by Gasteiger charge is -2.18. The van der Waals surface area contributed by atoms with Crippen LogP contribution in [0.15, 0.2) is 28.7 Å². The summed E-state index contributed by atoms with van der Waals surface area (Å²) in [5.74, 6) is 7.58. The van der Waals surface area contributed by atoms with Crippen LogP contribution in [0.5, 0.6) is 0 Å². The van der Waals surface area contributed by atoms with Gasteiger partial charge in [0.05, 0.1) is 0 Å². The highest BCUT2D eigenvalue weighted by Gasteiger charge is 2.12. The van der Waals surface area contributed by atoms with Gasteiger partial charge in [0, 0.05) is 16.1 Å². The topological polar surface area (TPSA) is 75.9 Å². The van der Waals surface area contributed by atoms with Crippen LogP contribution >= 0.6 is 15.9 Å². The molecular formula is C14H18BrN5. The molecular weight excluding hydrogens is 318 g/mol. The molecule has 0 radical (unpaired) electrons. The lowest BCUT2D eigenvalue weighted by atomic mass is 10.1. The number of aromatic nitrogens is 2. The quantitative estimate of drug-likeness (QED) is 0.590. The first-order chi connectivity index (χ1) is 9.51. The van der Waals surface area contributed by atoms with Crippen molar-refractivity contribution in [3.63, 3.8) is 0 Å². The fraction of sp³-hybridized carbons (Fsp3) is 0.286. The van der Waals surface area contributed by atoms with Gasteiger partial charge < -0.3 is 10.7 Å². The van der Waals surface area contributed by atoms with Gasteiger partial charge in [0.25, 0.3) is 0 Å². The monoisotopic (exact) mass is 335 g/mol. The molecule has 1 aromatic carbocycles. The molecule has 0 saturated carbocycles. The van der Waals surface area contributed by atoms with E-state index in [4.69, 9.17) is 5.84 Å². The minimum absolute atomic E-state index is 0.131. The first kappa shape index (κ1) is 14.7. The predicted octanol–water partition coefficient (Wildman–Crippen LogP) is 3.31. The van der Waals surface area contributed by atoms with E-state index in [1.807, 2.05) is 26.0 Å². The summed E-state index contributed by atoms with van der Waals surface area (Å²) in [6, 6.07) is 8.32. The maximum atomic E-state index is 5.48. The molecule has 0 amide bonds. The maximum absolute atomic E-state index is 5.48. The van der Waals surface area contributed by atoms with E-state index in [1.165, 1.54) is 5.56 Å². The van der Waals surface area contributed by atoms with E-state index in [9.17, 15) is 0 Å². The molecule has 20 heavy (non-hydrogen) atoms. The van der Waals surface area contributed by atoms with Crippen molar-refractivity contribution in [1.29, 1.82) is 0 Å². The highest BCUT2D eigenvalue weighted by molar-refractivity contribution is 9.10. The lowest BCUT2D eigenvalue weighted by molar-refractivity contribution is 0.861. The molecule has 0 spiro atoms. The smallest absolute Gasteiger partial charge is 0.148 e. The molecule has 5 nitrogen and oxygen atoms in total. The molecule has 0 aliphatic rings. The fourth-order valence-corrected chi connectivity index (χ4v) is 2.39. The summed E-state index contributed by atoms with van der Waals surface area (Å²) in [6.07, 6.45) is 0. The Balaban J connectivity index is 2.28. The molecule has 4 N–H and O–H groups in total. The van der Waals surface area contributed by atoms with E-state index in [2.05, 4.69) is 55.7 Å². The second-order valence-electron chi connectivity index (χ2n) is 4.66. The Kier molecular flexibility index (Phi) is 4.57. The maximum Gasteiger partial charge on any atom is 0.148 e. The van der Waals surface area contributed by atoms with Crippen molar-refractivity contribution in [1.82, 2.24) is 9.97 Å². The summed E-state index contributed by atoms with van der Waals surface area (Å²) in [5, 5.41) is 3.40. The number of hydrogen-bond donors (Lipinski definition) is 3. The number of benzene rings is 1. The summed E-state index contributed by atoms with van der Waals surface area (Å²) in [5.41, 5.74) is 4.68. The summed E-state index contributed by atoms with van der Waals surface area (Å²) in [6.45, 7) is 5.87. The van der Waals surface area contributed by atoms with Crippen LogP contribution in [0.1, 0.15) is 29.9 Å². The average Bonchev–Trinajstić information content (AvgIpc) is 2.42. The van der Waals surface area contributed by atoms with Gasteiger partial charge in [-0.2, -0.15) is 0 Å². The predicted molar refractivity (Wildman–Crippen MR) is 85.5 cm³/mol. The summed E-state index contributed by atoms with van der Waals surface area (Å²) < 4.78 is 1.06. The van der Waals surface area contributed by atoms with Gasteiger partial charge in [-0.25, -0.2) is 15.8 Å². The Labute approximate surface area is 127 Å². The molecule has 106 valence electrons.